The summed E-state index contributed by atoms with van der Waals surface area (Å²) < 4.78 is 12.2. The minimum Gasteiger partial charge on any atom is -0.493 e. The third kappa shape index (κ3) is 4.34. The molecule has 148 valence electrons. The van der Waals surface area contributed by atoms with E-state index < -0.39 is 0 Å². The third-order valence-electron chi connectivity index (χ3n) is 4.70. The SMILES string of the molecule is [B]n1cccc1C(CCN)=C1N=C(C=Cc2ccc(OC)c(OC)c2Cl)C=C1C. The molecule has 0 saturated carbocycles. The highest BCUT2D eigenvalue weighted by Gasteiger charge is 2.17. The van der Waals surface area contributed by atoms with Crippen LogP contribution >= 0.6 is 11.6 Å². The second-order valence-electron chi connectivity index (χ2n) is 6.57. The number of allylic oxidation sites excluding steroid dienone is 3. The summed E-state index contributed by atoms with van der Waals surface area (Å²) in [5, 5.41) is 0.489. The maximum Gasteiger partial charge on any atom is 0.234 e. The van der Waals surface area contributed by atoms with Crippen LogP contribution < -0.4 is 15.2 Å². The van der Waals surface area contributed by atoms with Gasteiger partial charge in [0.25, 0.3) is 0 Å². The molecule has 1 aliphatic rings. The number of hydrogen-bond acceptors (Lipinski definition) is 4. The maximum atomic E-state index is 6.46. The Labute approximate surface area is 177 Å². The van der Waals surface area contributed by atoms with Crippen molar-refractivity contribution in [1.29, 1.82) is 0 Å². The van der Waals surface area contributed by atoms with Crippen LogP contribution in [-0.4, -0.2) is 38.9 Å². The van der Waals surface area contributed by atoms with E-state index in [9.17, 15) is 0 Å². The average Bonchev–Trinajstić information content (AvgIpc) is 3.30. The number of benzene rings is 1. The Morgan fingerprint density at radius 3 is 2.66 bits per heavy atom. The largest absolute Gasteiger partial charge is 0.493 e. The molecule has 0 bridgehead atoms. The Balaban J connectivity index is 1.96. The smallest absolute Gasteiger partial charge is 0.234 e. The minimum absolute atomic E-state index is 0.489. The second kappa shape index (κ2) is 9.20. The van der Waals surface area contributed by atoms with Crippen LogP contribution in [0.1, 0.15) is 24.6 Å². The number of aromatic nitrogens is 1. The molecule has 1 aliphatic heterocycles. The molecule has 0 aliphatic carbocycles. The molecule has 2 radical (unpaired) electrons. The number of rotatable bonds is 7. The summed E-state index contributed by atoms with van der Waals surface area (Å²) in [6, 6.07) is 7.58. The lowest BCUT2D eigenvalue weighted by Crippen LogP contribution is -2.05. The van der Waals surface area contributed by atoms with Crippen molar-refractivity contribution < 1.29 is 9.47 Å². The molecule has 7 heteroatoms. The molecule has 3 rings (SSSR count). The Morgan fingerprint density at radius 2 is 2.03 bits per heavy atom. The Bertz CT molecular complexity index is 1030. The van der Waals surface area contributed by atoms with E-state index in [4.69, 9.17) is 39.8 Å². The first-order valence-corrected chi connectivity index (χ1v) is 9.59. The molecule has 0 fully saturated rings. The molecule has 0 saturated heterocycles. The van der Waals surface area contributed by atoms with Crippen LogP contribution in [0.4, 0.5) is 0 Å². The van der Waals surface area contributed by atoms with Gasteiger partial charge in [0, 0.05) is 11.3 Å². The highest BCUT2D eigenvalue weighted by molar-refractivity contribution is 6.34. The predicted octanol–water partition coefficient (Wildman–Crippen LogP) is 4.26. The van der Waals surface area contributed by atoms with Gasteiger partial charge in [-0.25, -0.2) is 4.99 Å². The van der Waals surface area contributed by atoms with Gasteiger partial charge < -0.3 is 19.7 Å². The maximum absolute atomic E-state index is 6.46. The lowest BCUT2D eigenvalue weighted by atomic mass is 10.0. The lowest BCUT2D eigenvalue weighted by Gasteiger charge is -2.12. The first kappa shape index (κ1) is 21.0. The van der Waals surface area contributed by atoms with Crippen LogP contribution in [-0.2, 0) is 0 Å². The highest BCUT2D eigenvalue weighted by Crippen LogP contribution is 2.38. The molecule has 29 heavy (non-hydrogen) atoms. The van der Waals surface area contributed by atoms with E-state index in [1.807, 2.05) is 55.6 Å². The molecule has 0 amide bonds. The van der Waals surface area contributed by atoms with E-state index in [-0.39, 0.29) is 0 Å². The van der Waals surface area contributed by atoms with Crippen molar-refractivity contribution in [2.75, 3.05) is 20.8 Å². The van der Waals surface area contributed by atoms with Gasteiger partial charge in [-0.3, -0.25) is 0 Å². The number of ether oxygens (including phenoxy) is 2. The summed E-state index contributed by atoms with van der Waals surface area (Å²) in [5.41, 5.74) is 11.4. The molecular weight excluding hydrogens is 385 g/mol. The summed E-state index contributed by atoms with van der Waals surface area (Å²) in [7, 11) is 9.19. The van der Waals surface area contributed by atoms with Crippen LogP contribution in [0.15, 0.2) is 58.9 Å². The molecular formula is C22H23BClN3O2. The number of nitrogens with zero attached hydrogens (tertiary/aromatic N) is 2. The summed E-state index contributed by atoms with van der Waals surface area (Å²) >= 11 is 6.46. The predicted molar refractivity (Wildman–Crippen MR) is 121 cm³/mol. The number of halogens is 1. The first-order valence-electron chi connectivity index (χ1n) is 9.22. The van der Waals surface area contributed by atoms with Crippen molar-refractivity contribution in [3.63, 3.8) is 0 Å². The minimum atomic E-state index is 0.489. The van der Waals surface area contributed by atoms with Crippen LogP contribution in [0, 0.1) is 0 Å². The van der Waals surface area contributed by atoms with E-state index in [1.54, 1.807) is 18.7 Å². The van der Waals surface area contributed by atoms with Gasteiger partial charge in [0.15, 0.2) is 11.5 Å². The van der Waals surface area contributed by atoms with E-state index >= 15 is 0 Å². The molecule has 0 unspecified atom stereocenters. The van der Waals surface area contributed by atoms with Crippen molar-refractivity contribution in [3.8, 4) is 11.5 Å². The van der Waals surface area contributed by atoms with Crippen LogP contribution in [0.2, 0.25) is 5.02 Å². The fraction of sp³-hybridized carbons (Fsp3) is 0.227. The molecule has 1 aromatic heterocycles. The van der Waals surface area contributed by atoms with Gasteiger partial charge in [-0.15, -0.1) is 0 Å². The van der Waals surface area contributed by atoms with E-state index in [0.717, 1.165) is 33.8 Å². The summed E-state index contributed by atoms with van der Waals surface area (Å²) in [4.78, 5) is 4.80. The Hall–Kier alpha value is -2.70. The van der Waals surface area contributed by atoms with Crippen molar-refractivity contribution >= 4 is 36.9 Å². The average molecular weight is 408 g/mol. The van der Waals surface area contributed by atoms with Gasteiger partial charge in [0.1, 0.15) is 0 Å². The molecule has 2 heterocycles. The van der Waals surface area contributed by atoms with Crippen LogP contribution in [0.3, 0.4) is 0 Å². The topological polar surface area (TPSA) is 61.8 Å². The molecule has 2 aromatic rings. The summed E-state index contributed by atoms with van der Waals surface area (Å²) in [6.45, 7) is 2.54. The zero-order valence-electron chi connectivity index (χ0n) is 16.8. The fourth-order valence-corrected chi connectivity index (χ4v) is 3.60. The Kier molecular flexibility index (Phi) is 6.67. The Morgan fingerprint density at radius 1 is 1.24 bits per heavy atom. The van der Waals surface area contributed by atoms with E-state index in [0.29, 0.717) is 29.5 Å². The molecule has 5 nitrogen and oxygen atoms in total. The van der Waals surface area contributed by atoms with Gasteiger partial charge in [-0.05, 0) is 73.6 Å². The van der Waals surface area contributed by atoms with Gasteiger partial charge in [0.05, 0.1) is 30.7 Å². The number of hydrogen-bond donors (Lipinski definition) is 1. The zero-order valence-corrected chi connectivity index (χ0v) is 17.5. The van der Waals surface area contributed by atoms with Crippen LogP contribution in [0.5, 0.6) is 11.5 Å². The van der Waals surface area contributed by atoms with Crippen molar-refractivity contribution in [2.24, 2.45) is 10.7 Å². The first-order chi connectivity index (χ1) is 14.0. The highest BCUT2D eigenvalue weighted by atomic mass is 35.5. The fourth-order valence-electron chi connectivity index (χ4n) is 3.30. The van der Waals surface area contributed by atoms with Gasteiger partial charge in [-0.2, -0.15) is 0 Å². The number of aliphatic imine (C=N–C) groups is 1. The van der Waals surface area contributed by atoms with Gasteiger partial charge >= 0.3 is 0 Å². The van der Waals surface area contributed by atoms with E-state index in [2.05, 4.69) is 0 Å². The monoisotopic (exact) mass is 407 g/mol. The standard InChI is InChI=1S/C22H23BClN3O2/c1-14-13-16(8-6-15-7-9-19(28-2)22(29-3)20(15)24)26-21(14)17(10-11-25)18-5-4-12-27(18)23/h4-9,12-13H,10-11,25H2,1-3H3. The summed E-state index contributed by atoms with van der Waals surface area (Å²) in [5.74, 6) is 1.09. The molecule has 2 N–H and O–H groups in total. The van der Waals surface area contributed by atoms with Crippen molar-refractivity contribution in [3.05, 3.63) is 70.2 Å². The van der Waals surface area contributed by atoms with Crippen LogP contribution in [0.25, 0.3) is 11.6 Å². The second-order valence-corrected chi connectivity index (χ2v) is 6.95. The normalized spacial score (nSPS) is 15.5. The molecule has 0 atom stereocenters. The lowest BCUT2D eigenvalue weighted by molar-refractivity contribution is 0.355. The van der Waals surface area contributed by atoms with Gasteiger partial charge in [0.2, 0.25) is 7.98 Å². The number of methoxy groups -OCH3 is 2. The van der Waals surface area contributed by atoms with Crippen molar-refractivity contribution in [2.45, 2.75) is 13.3 Å². The van der Waals surface area contributed by atoms with E-state index in [1.165, 1.54) is 0 Å². The summed E-state index contributed by atoms with van der Waals surface area (Å²) in [6.07, 6.45) is 8.35. The zero-order chi connectivity index (χ0) is 21.0. The van der Waals surface area contributed by atoms with Gasteiger partial charge in [-0.1, -0.05) is 17.7 Å². The van der Waals surface area contributed by atoms with Crippen molar-refractivity contribution in [1.82, 2.24) is 4.48 Å². The quantitative estimate of drug-likeness (QED) is 0.697. The third-order valence-corrected chi connectivity index (χ3v) is 5.09. The number of nitrogens with two attached hydrogens (primary N) is 1. The molecule has 0 spiro atoms. The molecule has 1 aromatic carbocycles.